The summed E-state index contributed by atoms with van der Waals surface area (Å²) >= 11 is 0. The maximum atomic E-state index is 11.3. The van der Waals surface area contributed by atoms with Crippen LogP contribution in [0.1, 0.15) is 26.7 Å². The number of nitrogens with two attached hydrogens (primary N) is 1. The molecule has 0 saturated heterocycles. The molecule has 0 aromatic carbocycles. The molecule has 14 heavy (non-hydrogen) atoms. The van der Waals surface area contributed by atoms with Gasteiger partial charge >= 0.3 is 0 Å². The van der Waals surface area contributed by atoms with Crippen LogP contribution in [0.4, 0.5) is 0 Å². The van der Waals surface area contributed by atoms with Crippen molar-refractivity contribution in [1.29, 1.82) is 0 Å². The highest BCUT2D eigenvalue weighted by Gasteiger charge is 2.24. The molecule has 0 bridgehead atoms. The van der Waals surface area contributed by atoms with E-state index in [9.17, 15) is 8.42 Å². The van der Waals surface area contributed by atoms with E-state index in [1.54, 1.807) is 6.92 Å². The van der Waals surface area contributed by atoms with Gasteiger partial charge in [0.2, 0.25) is 0 Å². The van der Waals surface area contributed by atoms with E-state index in [1.165, 1.54) is 6.26 Å². The molecular weight excluding hydrogens is 200 g/mol. The quantitative estimate of drug-likeness (QED) is 0.391. The Morgan fingerprint density at radius 3 is 2.36 bits per heavy atom. The van der Waals surface area contributed by atoms with Gasteiger partial charge in [-0.25, -0.2) is 8.42 Å². The molecule has 0 aromatic heterocycles. The summed E-state index contributed by atoms with van der Waals surface area (Å²) in [5.74, 6) is 5.32. The smallest absolute Gasteiger partial charge is 0.151 e. The Morgan fingerprint density at radius 2 is 2.07 bits per heavy atom. The molecule has 0 aliphatic rings. The van der Waals surface area contributed by atoms with Crippen LogP contribution in [-0.4, -0.2) is 26.0 Å². The van der Waals surface area contributed by atoms with Crippen molar-refractivity contribution in [2.45, 2.75) is 38.0 Å². The summed E-state index contributed by atoms with van der Waals surface area (Å²) < 4.78 is 22.6. The molecule has 84 valence electrons. The first-order chi connectivity index (χ1) is 6.32. The van der Waals surface area contributed by atoms with Gasteiger partial charge in [0, 0.05) is 12.3 Å². The van der Waals surface area contributed by atoms with Crippen LogP contribution in [-0.2, 0) is 9.84 Å². The molecule has 0 aliphatic heterocycles. The number of sulfone groups is 1. The first-order valence-electron chi connectivity index (χ1n) is 4.64. The molecule has 0 aliphatic carbocycles. The lowest BCUT2D eigenvalue weighted by atomic mass is 10.0. The van der Waals surface area contributed by atoms with Crippen molar-refractivity contribution in [2.24, 2.45) is 5.84 Å². The Balaban J connectivity index is 4.50. The van der Waals surface area contributed by atoms with E-state index in [0.717, 1.165) is 12.0 Å². The lowest BCUT2D eigenvalue weighted by Crippen LogP contribution is -2.46. The topological polar surface area (TPSA) is 72.2 Å². The Labute approximate surface area is 86.5 Å². The van der Waals surface area contributed by atoms with Gasteiger partial charge < -0.3 is 0 Å². The van der Waals surface area contributed by atoms with Crippen LogP contribution in [0.3, 0.4) is 0 Å². The van der Waals surface area contributed by atoms with Gasteiger partial charge in [0.1, 0.15) is 0 Å². The summed E-state index contributed by atoms with van der Waals surface area (Å²) in [5.41, 5.74) is 3.54. The second-order valence-electron chi connectivity index (χ2n) is 3.62. The second-order valence-corrected chi connectivity index (χ2v) is 6.02. The molecule has 5 heteroatoms. The number of hydrogen-bond acceptors (Lipinski definition) is 4. The van der Waals surface area contributed by atoms with Crippen molar-refractivity contribution in [3.8, 4) is 0 Å². The van der Waals surface area contributed by atoms with E-state index in [4.69, 9.17) is 5.84 Å². The van der Waals surface area contributed by atoms with E-state index in [1.807, 2.05) is 6.92 Å². The highest BCUT2D eigenvalue weighted by Crippen LogP contribution is 2.13. The molecule has 0 rings (SSSR count). The molecule has 4 nitrogen and oxygen atoms in total. The zero-order chi connectivity index (χ0) is 11.4. The van der Waals surface area contributed by atoms with Gasteiger partial charge in [0.25, 0.3) is 0 Å². The fourth-order valence-corrected chi connectivity index (χ4v) is 1.89. The van der Waals surface area contributed by atoms with Gasteiger partial charge in [-0.3, -0.25) is 11.3 Å². The van der Waals surface area contributed by atoms with Crippen molar-refractivity contribution < 1.29 is 8.42 Å². The first kappa shape index (κ1) is 13.6. The Kier molecular flexibility index (Phi) is 5.33. The van der Waals surface area contributed by atoms with Crippen molar-refractivity contribution in [3.63, 3.8) is 0 Å². The fourth-order valence-electron chi connectivity index (χ4n) is 1.11. The predicted molar refractivity (Wildman–Crippen MR) is 59.5 cm³/mol. The summed E-state index contributed by atoms with van der Waals surface area (Å²) in [5, 5.41) is -0.490. The monoisotopic (exact) mass is 220 g/mol. The maximum absolute atomic E-state index is 11.3. The van der Waals surface area contributed by atoms with E-state index < -0.39 is 15.1 Å². The van der Waals surface area contributed by atoms with Crippen LogP contribution in [0.2, 0.25) is 0 Å². The van der Waals surface area contributed by atoms with Crippen LogP contribution in [0.15, 0.2) is 12.2 Å². The number of rotatable bonds is 6. The second kappa shape index (κ2) is 5.48. The van der Waals surface area contributed by atoms with Gasteiger partial charge in [0.05, 0.1) is 5.25 Å². The number of hydrogen-bond donors (Lipinski definition) is 2. The van der Waals surface area contributed by atoms with Crippen LogP contribution < -0.4 is 11.3 Å². The van der Waals surface area contributed by atoms with Crippen LogP contribution in [0.5, 0.6) is 0 Å². The van der Waals surface area contributed by atoms with Crippen molar-refractivity contribution >= 4 is 9.84 Å². The summed E-state index contributed by atoms with van der Waals surface area (Å²) in [6.07, 6.45) is 2.66. The van der Waals surface area contributed by atoms with E-state index in [0.29, 0.717) is 6.42 Å². The predicted octanol–water partition coefficient (Wildman–Crippen LogP) is 0.608. The molecule has 0 fully saturated rings. The maximum Gasteiger partial charge on any atom is 0.151 e. The molecule has 0 radical (unpaired) electrons. The molecule has 0 amide bonds. The van der Waals surface area contributed by atoms with Crippen LogP contribution in [0.25, 0.3) is 0 Å². The van der Waals surface area contributed by atoms with Gasteiger partial charge in [-0.15, -0.1) is 0 Å². The van der Waals surface area contributed by atoms with Gasteiger partial charge in [-0.1, -0.05) is 19.1 Å². The summed E-state index contributed by atoms with van der Waals surface area (Å²) in [4.78, 5) is 0. The number of hydrazine groups is 1. The summed E-state index contributed by atoms with van der Waals surface area (Å²) in [6.45, 7) is 7.48. The zero-order valence-corrected chi connectivity index (χ0v) is 9.89. The van der Waals surface area contributed by atoms with Crippen molar-refractivity contribution in [2.75, 3.05) is 6.26 Å². The average molecular weight is 220 g/mol. The molecule has 0 saturated carbocycles. The average Bonchev–Trinajstić information content (AvgIpc) is 2.11. The minimum atomic E-state index is -3.05. The third kappa shape index (κ3) is 4.21. The molecular formula is C9H20N2O2S. The van der Waals surface area contributed by atoms with E-state index in [2.05, 4.69) is 12.0 Å². The zero-order valence-electron chi connectivity index (χ0n) is 9.08. The Morgan fingerprint density at radius 1 is 1.57 bits per heavy atom. The molecule has 0 aromatic rings. The highest BCUT2D eigenvalue weighted by atomic mass is 32.2. The number of nitrogens with one attached hydrogen (secondary N) is 1. The molecule has 0 spiro atoms. The Hall–Kier alpha value is -0.390. The third-order valence-corrected chi connectivity index (χ3v) is 4.14. The van der Waals surface area contributed by atoms with Crippen LogP contribution >= 0.6 is 0 Å². The van der Waals surface area contributed by atoms with E-state index >= 15 is 0 Å². The molecule has 2 atom stereocenters. The minimum Gasteiger partial charge on any atom is -0.271 e. The summed E-state index contributed by atoms with van der Waals surface area (Å²) in [7, 11) is -3.05. The van der Waals surface area contributed by atoms with Crippen molar-refractivity contribution in [3.05, 3.63) is 12.2 Å². The Bertz CT molecular complexity index is 285. The normalized spacial score (nSPS) is 16.3. The molecule has 0 heterocycles. The SMILES string of the molecule is C=C(CC)CC(NN)C(C)S(C)(=O)=O. The largest absolute Gasteiger partial charge is 0.271 e. The van der Waals surface area contributed by atoms with Crippen molar-refractivity contribution in [1.82, 2.24) is 5.43 Å². The van der Waals surface area contributed by atoms with Gasteiger partial charge in [0.15, 0.2) is 9.84 Å². The summed E-state index contributed by atoms with van der Waals surface area (Å²) in [6, 6.07) is -0.252. The third-order valence-electron chi connectivity index (χ3n) is 2.46. The van der Waals surface area contributed by atoms with Crippen LogP contribution in [0, 0.1) is 0 Å². The first-order valence-corrected chi connectivity index (χ1v) is 6.60. The lowest BCUT2D eigenvalue weighted by molar-refractivity contribution is 0.490. The standard InChI is InChI=1S/C9H20N2O2S/c1-5-7(2)6-9(11-10)8(3)14(4,12)13/h8-9,11H,2,5-6,10H2,1,3-4H3. The molecule has 3 N–H and O–H groups in total. The van der Waals surface area contributed by atoms with Gasteiger partial charge in [-0.2, -0.15) is 0 Å². The minimum absolute atomic E-state index is 0.252. The fraction of sp³-hybridized carbons (Fsp3) is 0.778. The van der Waals surface area contributed by atoms with Gasteiger partial charge in [-0.05, 0) is 19.8 Å². The lowest BCUT2D eigenvalue weighted by Gasteiger charge is -2.22. The highest BCUT2D eigenvalue weighted by molar-refractivity contribution is 7.91. The van der Waals surface area contributed by atoms with E-state index in [-0.39, 0.29) is 6.04 Å². The molecule has 2 unspecified atom stereocenters.